The molecule has 0 unspecified atom stereocenters. The molecule has 2 radical (unpaired) electrons. The number of anilines is 2. The molecule has 2 N–H and O–H groups in total. The average Bonchev–Trinajstić information content (AvgIpc) is 1.47. The standard InChI is InChI=1S/2C19H20N2O.2C19H19N2O.2C4H8O.2Yb/c4*1-19(2,3)14-9-5-7-11-16(14)21-18(22)17-12-13-8-4-6-10-15(13)20-17;2*1-2-4-5-3-1;;/h2*4-12H,1-3H3,(H2,20,21,22);2*4-12H,1-3H3,(H-,20,21,22);2*1-4H2;;/q;;2*-1;;;2*+3/p-4. The Labute approximate surface area is 666 Å². The number of carbonyl (C=O) groups is 2. The van der Waals surface area contributed by atoms with Crippen LogP contribution >= 0.6 is 0 Å². The summed E-state index contributed by atoms with van der Waals surface area (Å²) in [6, 6.07) is 69.4. The van der Waals surface area contributed by atoms with Gasteiger partial charge in [0.1, 0.15) is 0 Å². The summed E-state index contributed by atoms with van der Waals surface area (Å²) in [4.78, 5) is 51.0. The van der Waals surface area contributed by atoms with Crippen LogP contribution < -0.4 is 40.8 Å². The van der Waals surface area contributed by atoms with Crippen molar-refractivity contribution < 1.29 is 123 Å². The van der Waals surface area contributed by atoms with Crippen LogP contribution in [-0.2, 0) is 31.1 Å². The molecular weight excluding hydrogens is 1560 g/mol. The fourth-order valence-electron chi connectivity index (χ4n) is 11.2. The van der Waals surface area contributed by atoms with Crippen LogP contribution in [0.4, 0.5) is 22.7 Å². The van der Waals surface area contributed by atoms with Crippen LogP contribution in [-0.4, -0.2) is 50.0 Å². The molecule has 8 aromatic carbocycles. The zero-order valence-corrected chi connectivity index (χ0v) is 62.5. The van der Waals surface area contributed by atoms with Crippen LogP contribution in [0.1, 0.15) is 163 Å². The first-order valence-corrected chi connectivity index (χ1v) is 33.6. The Balaban J connectivity index is 0.000000177. The second-order valence-electron chi connectivity index (χ2n) is 28.3. The quantitative estimate of drug-likeness (QED) is 0.109. The Morgan fingerprint density at radius 1 is 0.340 bits per heavy atom. The van der Waals surface area contributed by atoms with Gasteiger partial charge in [-0.05, 0) is 127 Å². The number of rotatable bonds is 8. The monoisotopic (exact) mass is 1650 g/mol. The Morgan fingerprint density at radius 2 is 0.580 bits per heavy atom. The molecule has 0 aliphatic carbocycles. The number of carbonyl (C=O) groups excluding carboxylic acids is 2. The maximum absolute atomic E-state index is 12.5. The van der Waals surface area contributed by atoms with Gasteiger partial charge >= 0.3 is 93.8 Å². The molecule has 4 aromatic heterocycles. The molecule has 530 valence electrons. The Kier molecular flexibility index (Phi) is 29.7. The van der Waals surface area contributed by atoms with Crippen LogP contribution in [0.15, 0.2) is 228 Å². The van der Waals surface area contributed by atoms with Crippen molar-refractivity contribution in [2.24, 2.45) is 9.98 Å². The molecule has 2 aliphatic heterocycles. The Hall–Kier alpha value is -7.24. The van der Waals surface area contributed by atoms with Crippen molar-refractivity contribution in [2.45, 2.75) is 130 Å². The van der Waals surface area contributed by atoms with E-state index in [1.165, 1.54) is 25.7 Å². The van der Waals surface area contributed by atoms with Gasteiger partial charge in [0.25, 0.3) is 0 Å². The van der Waals surface area contributed by atoms with E-state index >= 15 is 0 Å². The molecule has 14 nitrogen and oxygen atoms in total. The third kappa shape index (κ3) is 22.9. The Bertz CT molecular complexity index is 4230. The van der Waals surface area contributed by atoms with Gasteiger partial charge in [0.15, 0.2) is 0 Å². The number of ether oxygens (including phenoxy) is 2. The summed E-state index contributed by atoms with van der Waals surface area (Å²) in [7, 11) is 0. The first-order chi connectivity index (χ1) is 46.8. The zero-order valence-electron chi connectivity index (χ0n) is 59.1. The minimum Gasteiger partial charge on any atom is -0.859 e. The summed E-state index contributed by atoms with van der Waals surface area (Å²) >= 11 is 0. The number of aliphatic imine (C=N–C) groups is 2. The van der Waals surface area contributed by atoms with Gasteiger partial charge in [0.05, 0.1) is 11.4 Å². The first kappa shape index (κ1) is 80.1. The number of para-hydroxylation sites is 8. The summed E-state index contributed by atoms with van der Waals surface area (Å²) in [5.74, 6) is -0.943. The van der Waals surface area contributed by atoms with E-state index in [1.54, 1.807) is 12.1 Å². The van der Waals surface area contributed by atoms with Crippen LogP contribution in [0.5, 0.6) is 0 Å². The number of aromatic nitrogens is 4. The van der Waals surface area contributed by atoms with E-state index in [2.05, 4.69) is 124 Å². The molecule has 0 atom stereocenters. The molecule has 0 saturated carbocycles. The number of benzene rings is 8. The third-order valence-corrected chi connectivity index (χ3v) is 16.3. The Morgan fingerprint density at radius 3 is 0.850 bits per heavy atom. The van der Waals surface area contributed by atoms with Gasteiger partial charge in [-0.25, -0.2) is 0 Å². The third-order valence-electron chi connectivity index (χ3n) is 16.3. The molecule has 12 aromatic rings. The van der Waals surface area contributed by atoms with E-state index in [0.29, 0.717) is 34.2 Å². The van der Waals surface area contributed by atoms with Gasteiger partial charge in [-0.2, -0.15) is 0 Å². The maximum atomic E-state index is 12.5. The van der Waals surface area contributed by atoms with Crippen molar-refractivity contribution in [3.63, 3.8) is 0 Å². The van der Waals surface area contributed by atoms with Crippen molar-refractivity contribution >= 4 is 90.0 Å². The fourth-order valence-corrected chi connectivity index (χ4v) is 11.2. The molecule has 2 aliphatic rings. The summed E-state index contributed by atoms with van der Waals surface area (Å²) in [6.45, 7) is 29.5. The molecule has 16 heteroatoms. The van der Waals surface area contributed by atoms with Crippen molar-refractivity contribution in [1.29, 1.82) is 0 Å². The first-order valence-electron chi connectivity index (χ1n) is 33.6. The van der Waals surface area contributed by atoms with E-state index < -0.39 is 0 Å². The van der Waals surface area contributed by atoms with E-state index in [4.69, 9.17) is 9.47 Å². The second-order valence-corrected chi connectivity index (χ2v) is 28.3. The van der Waals surface area contributed by atoms with Gasteiger partial charge in [0, 0.05) is 37.8 Å². The van der Waals surface area contributed by atoms with Gasteiger partial charge in [-0.15, -0.1) is 33.5 Å². The van der Waals surface area contributed by atoms with E-state index in [9.17, 15) is 19.8 Å². The predicted molar refractivity (Wildman–Crippen MR) is 398 cm³/mol. The minimum absolute atomic E-state index is 0. The number of hydrogen-bond donors (Lipinski definition) is 2. The summed E-state index contributed by atoms with van der Waals surface area (Å²) in [5, 5.41) is 34.7. The molecule has 0 bridgehead atoms. The molecule has 2 saturated heterocycles. The molecule has 2 amide bonds. The summed E-state index contributed by atoms with van der Waals surface area (Å²) in [6.07, 6.45) is 5.11. The van der Waals surface area contributed by atoms with Crippen LogP contribution in [0.2, 0.25) is 0 Å². The van der Waals surface area contributed by atoms with Gasteiger partial charge in [-0.1, -0.05) is 289 Å². The van der Waals surface area contributed by atoms with Crippen LogP contribution in [0.3, 0.4) is 0 Å². The van der Waals surface area contributed by atoms with Crippen molar-refractivity contribution in [1.82, 2.24) is 19.9 Å². The predicted octanol–water partition coefficient (Wildman–Crippen LogP) is 17.4. The smallest absolute Gasteiger partial charge is 0.859 e. The second kappa shape index (κ2) is 37.1. The molecule has 100 heavy (non-hydrogen) atoms. The van der Waals surface area contributed by atoms with Crippen molar-refractivity contribution in [3.8, 4) is 0 Å². The number of nitrogens with zero attached hydrogens (tertiary/aromatic N) is 6. The van der Waals surface area contributed by atoms with Gasteiger partial charge in [0.2, 0.25) is 11.8 Å². The van der Waals surface area contributed by atoms with Crippen molar-refractivity contribution in [3.05, 3.63) is 263 Å². The molecule has 2 fully saturated rings. The van der Waals surface area contributed by atoms with Crippen molar-refractivity contribution in [2.75, 3.05) is 37.1 Å². The maximum Gasteiger partial charge on any atom is 3.00 e. The largest absolute Gasteiger partial charge is 3.00 e. The van der Waals surface area contributed by atoms with E-state index in [-0.39, 0.29) is 139 Å². The topological polar surface area (TPSA) is 204 Å². The average molecular weight is 1650 g/mol. The van der Waals surface area contributed by atoms with Gasteiger partial charge < -0.3 is 50.3 Å². The number of fused-ring (bicyclic) bond motifs is 4. The van der Waals surface area contributed by atoms with E-state index in [1.807, 2.05) is 206 Å². The number of nitrogens with one attached hydrogen (secondary N) is 2. The molecule has 6 heterocycles. The van der Waals surface area contributed by atoms with E-state index in [0.717, 1.165) is 104 Å². The molecular formula is C84H90N8O6Yb2. The number of hydrogen-bond acceptors (Lipinski definition) is 8. The number of amides is 2. The summed E-state index contributed by atoms with van der Waals surface area (Å²) in [5.41, 5.74) is 12.3. The summed E-state index contributed by atoms with van der Waals surface area (Å²) < 4.78 is 9.89. The van der Waals surface area contributed by atoms with Crippen LogP contribution in [0, 0.1) is 93.8 Å². The van der Waals surface area contributed by atoms with Gasteiger partial charge in [-0.3, -0.25) is 19.6 Å². The fraction of sp³-hybridized carbons (Fsp3) is 0.286. The minimum atomic E-state index is -0.298. The molecule has 14 rings (SSSR count). The van der Waals surface area contributed by atoms with Crippen LogP contribution in [0.25, 0.3) is 43.6 Å². The molecule has 0 spiro atoms. The zero-order chi connectivity index (χ0) is 70.0. The SMILES string of the molecule is C1CCOC1.C1CCOC1.CC(C)(C)c1ccccc1N=C([O-])c1cc2ccccc2[n-]1.CC(C)(C)c1ccccc1N=C([O-])c1cc2ccccc2[n-]1.CC(C)(C)c1ccccc1NC(=O)c1cc2ccccc2[n-]1.CC(C)(C)c1ccccc1NC(=O)c1cc2ccccc2[n-]1.[Yb+3].[Yb+3]. The normalized spacial score (nSPS) is 13.1.